The number of fused-ring (bicyclic) bond motifs is 5. The Kier molecular flexibility index (Phi) is 5.59. The molecule has 6 aromatic rings. The second-order valence-electron chi connectivity index (χ2n) is 9.64. The lowest BCUT2D eigenvalue weighted by Crippen LogP contribution is -2.30. The molecule has 0 bridgehead atoms. The first-order chi connectivity index (χ1) is 18.7. The van der Waals surface area contributed by atoms with Crippen LogP contribution >= 0.6 is 7.49 Å². The van der Waals surface area contributed by atoms with Gasteiger partial charge in [-0.3, -0.25) is 0 Å². The van der Waals surface area contributed by atoms with Crippen LogP contribution in [0, 0.1) is 0 Å². The molecule has 0 radical (unpaired) electrons. The summed E-state index contributed by atoms with van der Waals surface area (Å²) in [7, 11) is -2.84. The van der Waals surface area contributed by atoms with Crippen molar-refractivity contribution in [3.8, 4) is 11.3 Å². The van der Waals surface area contributed by atoms with Crippen molar-refractivity contribution in [1.82, 2.24) is 0 Å². The van der Waals surface area contributed by atoms with E-state index in [4.69, 9.17) is 4.42 Å². The third-order valence-corrected chi connectivity index (χ3v) is 10.6. The average Bonchev–Trinajstić information content (AvgIpc) is 3.29. The summed E-state index contributed by atoms with van der Waals surface area (Å²) >= 11 is 0. The van der Waals surface area contributed by atoms with Crippen LogP contribution in [0.1, 0.15) is 16.7 Å². The Hall–Kier alpha value is -4.23. The highest BCUT2D eigenvalue weighted by atomic mass is 31.2. The minimum absolute atomic E-state index is 0.811. The summed E-state index contributed by atoms with van der Waals surface area (Å²) in [5.41, 5.74) is 6.59. The first-order valence-electron chi connectivity index (χ1n) is 12.9. The van der Waals surface area contributed by atoms with E-state index in [-0.39, 0.29) is 0 Å². The van der Waals surface area contributed by atoms with Crippen molar-refractivity contribution in [2.75, 3.05) is 0 Å². The highest BCUT2D eigenvalue weighted by Gasteiger charge is 2.44. The van der Waals surface area contributed by atoms with E-state index in [1.165, 1.54) is 5.56 Å². The Morgan fingerprint density at radius 3 is 2.00 bits per heavy atom. The smallest absolute Gasteiger partial charge is 0.238 e. The molecule has 0 saturated heterocycles. The number of rotatable bonds is 4. The van der Waals surface area contributed by atoms with Gasteiger partial charge in [-0.15, -0.1) is 0 Å². The Labute approximate surface area is 223 Å². The molecule has 0 aliphatic heterocycles. The Morgan fingerprint density at radius 1 is 0.605 bits per heavy atom. The number of furan rings is 1. The second-order valence-corrected chi connectivity index (χ2v) is 12.5. The fraction of sp³-hybridized carbons (Fsp3) is 0.0286. The molecule has 0 unspecified atom stereocenters. The first kappa shape index (κ1) is 22.9. The molecule has 1 heterocycles. The highest BCUT2D eigenvalue weighted by molar-refractivity contribution is 7.91. The normalized spacial score (nSPS) is 12.9. The maximum absolute atomic E-state index is 12.5. The van der Waals surface area contributed by atoms with Gasteiger partial charge in [-0.05, 0) is 65.6 Å². The van der Waals surface area contributed by atoms with Crippen molar-refractivity contribution >= 4 is 39.9 Å². The summed E-state index contributed by atoms with van der Waals surface area (Å²) in [6.07, 6.45) is 3.12. The zero-order valence-corrected chi connectivity index (χ0v) is 21.7. The highest BCUT2D eigenvalue weighted by Crippen LogP contribution is 2.51. The van der Waals surface area contributed by atoms with Gasteiger partial charge in [-0.2, -0.15) is 0 Å². The maximum Gasteiger partial charge on any atom is 0.238 e. The lowest BCUT2D eigenvalue weighted by Gasteiger charge is -2.21. The van der Waals surface area contributed by atoms with Gasteiger partial charge in [0.15, 0.2) is 0 Å². The second kappa shape index (κ2) is 9.26. The molecule has 0 spiro atoms. The van der Waals surface area contributed by atoms with E-state index in [9.17, 15) is 4.89 Å². The number of hydrogen-bond acceptors (Lipinski definition) is 2. The molecular weight excluding hydrogens is 483 g/mol. The van der Waals surface area contributed by atoms with Crippen LogP contribution in [0.3, 0.4) is 0 Å². The summed E-state index contributed by atoms with van der Waals surface area (Å²) in [6, 6.07) is 45.4. The van der Waals surface area contributed by atoms with Gasteiger partial charge in [0, 0.05) is 16.5 Å². The van der Waals surface area contributed by atoms with Gasteiger partial charge >= 0.3 is 0 Å². The summed E-state index contributed by atoms with van der Waals surface area (Å²) in [4.78, 5) is 12.5. The van der Waals surface area contributed by atoms with Crippen molar-refractivity contribution in [2.24, 2.45) is 0 Å². The topological polar surface area (TPSA) is 33.4 Å². The molecule has 3 heteroatoms. The average molecular weight is 510 g/mol. The summed E-state index contributed by atoms with van der Waals surface area (Å²) in [6.45, 7) is 0. The molecule has 1 aromatic heterocycles. The molecular formula is C35H26O2P+. The van der Waals surface area contributed by atoms with Crippen LogP contribution in [0.2, 0.25) is 0 Å². The number of hydrogen-bond donors (Lipinski definition) is 1. The van der Waals surface area contributed by atoms with Crippen molar-refractivity contribution in [1.29, 1.82) is 0 Å². The zero-order valence-electron chi connectivity index (χ0n) is 20.8. The van der Waals surface area contributed by atoms with Crippen LogP contribution < -0.4 is 15.9 Å². The molecule has 2 nitrogen and oxygen atoms in total. The number of allylic oxidation sites excluding steroid dienone is 1. The van der Waals surface area contributed by atoms with Crippen LogP contribution in [0.25, 0.3) is 27.9 Å². The lowest BCUT2D eigenvalue weighted by atomic mass is 9.94. The fourth-order valence-electron chi connectivity index (χ4n) is 5.61. The molecule has 0 saturated carbocycles. The largest absolute Gasteiger partial charge is 0.455 e. The van der Waals surface area contributed by atoms with Gasteiger partial charge in [0.05, 0.1) is 0 Å². The molecule has 0 atom stereocenters. The van der Waals surface area contributed by atoms with Gasteiger partial charge in [0.25, 0.3) is 0 Å². The summed E-state index contributed by atoms with van der Waals surface area (Å²) in [5.74, 6) is 0.909. The van der Waals surface area contributed by atoms with E-state index in [1.54, 1.807) is 0 Å². The van der Waals surface area contributed by atoms with Crippen LogP contribution in [-0.4, -0.2) is 4.89 Å². The molecule has 5 aromatic carbocycles. The lowest BCUT2D eigenvalue weighted by molar-refractivity contribution is 0.630. The third kappa shape index (κ3) is 3.65. The van der Waals surface area contributed by atoms with Crippen LogP contribution in [-0.2, 0) is 6.42 Å². The molecule has 1 N–H and O–H groups in total. The minimum atomic E-state index is -2.84. The zero-order chi connectivity index (χ0) is 25.5. The molecule has 1 aliphatic carbocycles. The third-order valence-electron chi connectivity index (χ3n) is 7.44. The minimum Gasteiger partial charge on any atom is -0.455 e. The van der Waals surface area contributed by atoms with Crippen LogP contribution in [0.15, 0.2) is 144 Å². The van der Waals surface area contributed by atoms with Gasteiger partial charge in [0.1, 0.15) is 27.3 Å². The van der Waals surface area contributed by atoms with E-state index < -0.39 is 7.49 Å². The Bertz CT molecular complexity index is 1760. The van der Waals surface area contributed by atoms with Crippen LogP contribution in [0.4, 0.5) is 0 Å². The first-order valence-corrected chi connectivity index (χ1v) is 14.6. The molecule has 182 valence electrons. The van der Waals surface area contributed by atoms with Gasteiger partial charge in [-0.25, -0.2) is 4.89 Å². The fourth-order valence-corrected chi connectivity index (χ4v) is 8.34. The van der Waals surface area contributed by atoms with Gasteiger partial charge in [-0.1, -0.05) is 97.1 Å². The monoisotopic (exact) mass is 509 g/mol. The van der Waals surface area contributed by atoms with E-state index in [1.807, 2.05) is 72.8 Å². The molecule has 38 heavy (non-hydrogen) atoms. The maximum atomic E-state index is 12.5. The standard InChI is InChI=1S/C35H26O2P/c36-38(27-14-3-1-4-15-27,28-16-5-2-6-17-28)29-18-11-13-26(24-29)30-23-22-25-12-7-8-19-31(25)35-34(30)32-20-9-10-21-33(32)37-35/h1-21,23-24,36H,22H2/q+1. The SMILES string of the molecule is O[P+](c1ccccc1)(c1ccccc1)c1cccc(C2=CCc3ccccc3-c3oc4ccccc4c32)c1. The summed E-state index contributed by atoms with van der Waals surface area (Å²) in [5, 5.41) is 3.93. The van der Waals surface area contributed by atoms with Crippen molar-refractivity contribution in [2.45, 2.75) is 6.42 Å². The van der Waals surface area contributed by atoms with E-state index in [0.717, 1.165) is 61.3 Å². The molecule has 7 rings (SSSR count). The van der Waals surface area contributed by atoms with E-state index >= 15 is 0 Å². The van der Waals surface area contributed by atoms with Crippen molar-refractivity contribution in [3.63, 3.8) is 0 Å². The summed E-state index contributed by atoms with van der Waals surface area (Å²) < 4.78 is 6.50. The number of benzene rings is 5. The van der Waals surface area contributed by atoms with Crippen molar-refractivity contribution in [3.05, 3.63) is 156 Å². The van der Waals surface area contributed by atoms with E-state index in [2.05, 4.69) is 66.7 Å². The molecule has 0 fully saturated rings. The predicted molar refractivity (Wildman–Crippen MR) is 160 cm³/mol. The van der Waals surface area contributed by atoms with E-state index in [0.29, 0.717) is 0 Å². The van der Waals surface area contributed by atoms with Crippen LogP contribution in [0.5, 0.6) is 0 Å². The van der Waals surface area contributed by atoms with Gasteiger partial charge in [0.2, 0.25) is 7.49 Å². The Balaban J connectivity index is 1.46. The van der Waals surface area contributed by atoms with Gasteiger partial charge < -0.3 is 4.42 Å². The number of para-hydroxylation sites is 1. The quantitative estimate of drug-likeness (QED) is 0.253. The molecule has 0 amide bonds. The van der Waals surface area contributed by atoms with Crippen molar-refractivity contribution < 1.29 is 9.31 Å². The Morgan fingerprint density at radius 2 is 1.24 bits per heavy atom. The molecule has 1 aliphatic rings. The predicted octanol–water partition coefficient (Wildman–Crippen LogP) is 7.29.